The maximum atomic E-state index is 13.4. The van der Waals surface area contributed by atoms with Crippen LogP contribution in [-0.2, 0) is 16.5 Å². The first-order chi connectivity index (χ1) is 15.4. The third-order valence-electron chi connectivity index (χ3n) is 8.51. The Morgan fingerprint density at radius 1 is 1.16 bits per heavy atom. The number of nitrogens with two attached hydrogens (primary N) is 1. The lowest BCUT2D eigenvalue weighted by Crippen LogP contribution is -2.37. The van der Waals surface area contributed by atoms with Gasteiger partial charge in [0.2, 0.25) is 0 Å². The van der Waals surface area contributed by atoms with Crippen LogP contribution in [0.2, 0.25) is 0 Å². The van der Waals surface area contributed by atoms with Crippen molar-refractivity contribution in [1.29, 1.82) is 0 Å². The molecule has 6 aliphatic rings. The van der Waals surface area contributed by atoms with E-state index in [1.54, 1.807) is 0 Å². The van der Waals surface area contributed by atoms with E-state index < -0.39 is 17.6 Å². The molecular weight excluding hydrogens is 419 g/mol. The molecule has 1 saturated heterocycles. The van der Waals surface area contributed by atoms with E-state index in [0.717, 1.165) is 57.5 Å². The van der Waals surface area contributed by atoms with E-state index in [1.807, 2.05) is 6.20 Å². The second kappa shape index (κ2) is 6.26. The van der Waals surface area contributed by atoms with E-state index in [4.69, 9.17) is 15.5 Å². The summed E-state index contributed by atoms with van der Waals surface area (Å²) in [6.45, 7) is 3.75. The highest BCUT2D eigenvalue weighted by Gasteiger charge is 2.94. The number of ether oxygens (including phenoxy) is 1. The Bertz CT molecular complexity index is 1080. The highest BCUT2D eigenvalue weighted by Crippen LogP contribution is 2.89. The zero-order valence-electron chi connectivity index (χ0n) is 17.7. The number of pyridine rings is 1. The predicted octanol–water partition coefficient (Wildman–Crippen LogP) is 3.49. The first-order valence-corrected chi connectivity index (χ1v) is 11.7. The normalized spacial score (nSPS) is 36.1. The number of imidazole rings is 1. The molecule has 0 aromatic carbocycles. The molecule has 8 rings (SSSR count). The molecule has 5 aliphatic carbocycles. The Hall–Kier alpha value is -2.13. The number of rotatable bonds is 4. The van der Waals surface area contributed by atoms with Crippen LogP contribution in [0.25, 0.3) is 11.3 Å². The van der Waals surface area contributed by atoms with Gasteiger partial charge >= 0.3 is 6.18 Å². The van der Waals surface area contributed by atoms with Crippen LogP contribution < -0.4 is 5.73 Å². The maximum Gasteiger partial charge on any atom is 0.419 e. The second-order valence-corrected chi connectivity index (χ2v) is 10.1. The molecule has 2 bridgehead atoms. The molecule has 5 atom stereocenters. The van der Waals surface area contributed by atoms with Crippen LogP contribution in [0.4, 0.5) is 19.0 Å². The fourth-order valence-electron chi connectivity index (χ4n) is 6.90. The third kappa shape index (κ3) is 2.55. The summed E-state index contributed by atoms with van der Waals surface area (Å²) in [6, 6.07) is 1.69. The quantitative estimate of drug-likeness (QED) is 0.780. The Morgan fingerprint density at radius 2 is 2.00 bits per heavy atom. The Balaban J connectivity index is 1.23. The molecule has 5 saturated carbocycles. The van der Waals surface area contributed by atoms with Gasteiger partial charge in [-0.2, -0.15) is 13.2 Å². The van der Waals surface area contributed by atoms with Gasteiger partial charge in [0.1, 0.15) is 11.6 Å². The van der Waals surface area contributed by atoms with Crippen molar-refractivity contribution in [2.45, 2.75) is 49.4 Å². The molecule has 6 nitrogen and oxygen atoms in total. The van der Waals surface area contributed by atoms with Gasteiger partial charge in [0.15, 0.2) is 0 Å². The van der Waals surface area contributed by atoms with Crippen molar-refractivity contribution in [3.05, 3.63) is 29.8 Å². The maximum absolute atomic E-state index is 13.4. The van der Waals surface area contributed by atoms with Crippen LogP contribution in [0.5, 0.6) is 0 Å². The zero-order chi connectivity index (χ0) is 21.8. The number of fused-ring (bicyclic) bond motifs is 1. The number of nitrogen functional groups attached to an aromatic ring is 1. The van der Waals surface area contributed by atoms with E-state index in [1.165, 1.54) is 12.6 Å². The first-order valence-electron chi connectivity index (χ1n) is 11.7. The SMILES string of the molecule is Nc1ncc(-c2cn([C@]34C5C(N6CCCOCC6)C[C@@H]3[C@H]54)c(C3CC3)n2)cc1C(F)(F)F. The van der Waals surface area contributed by atoms with Crippen molar-refractivity contribution in [3.8, 4) is 11.3 Å². The molecule has 6 fully saturated rings. The predicted molar refractivity (Wildman–Crippen MR) is 111 cm³/mol. The summed E-state index contributed by atoms with van der Waals surface area (Å²) in [5, 5.41) is 0. The highest BCUT2D eigenvalue weighted by atomic mass is 19.4. The van der Waals surface area contributed by atoms with Crippen molar-refractivity contribution >= 4 is 5.82 Å². The minimum absolute atomic E-state index is 0.148. The van der Waals surface area contributed by atoms with Crippen LogP contribution >= 0.6 is 0 Å². The summed E-state index contributed by atoms with van der Waals surface area (Å²) in [5.74, 6) is 3.00. The highest BCUT2D eigenvalue weighted by molar-refractivity contribution is 5.63. The lowest BCUT2D eigenvalue weighted by molar-refractivity contribution is -0.137. The molecule has 3 heterocycles. The Kier molecular flexibility index (Phi) is 3.78. The molecule has 32 heavy (non-hydrogen) atoms. The summed E-state index contributed by atoms with van der Waals surface area (Å²) in [4.78, 5) is 11.3. The molecular formula is C23H26F3N5O. The van der Waals surface area contributed by atoms with Gasteiger partial charge in [0, 0.05) is 55.5 Å². The summed E-state index contributed by atoms with van der Waals surface area (Å²) in [5.41, 5.74) is 5.72. The molecule has 170 valence electrons. The van der Waals surface area contributed by atoms with Crippen molar-refractivity contribution in [2.24, 2.45) is 17.8 Å². The molecule has 0 amide bonds. The van der Waals surface area contributed by atoms with E-state index >= 15 is 0 Å². The number of alkyl halides is 3. The van der Waals surface area contributed by atoms with Gasteiger partial charge in [-0.25, -0.2) is 9.97 Å². The van der Waals surface area contributed by atoms with Crippen LogP contribution in [0, 0.1) is 17.8 Å². The summed E-state index contributed by atoms with van der Waals surface area (Å²) in [6.07, 6.45) is 3.39. The van der Waals surface area contributed by atoms with Gasteiger partial charge in [-0.1, -0.05) is 0 Å². The minimum atomic E-state index is -4.53. The lowest BCUT2D eigenvalue weighted by Gasteiger charge is -2.27. The fraction of sp³-hybridized carbons (Fsp3) is 0.652. The van der Waals surface area contributed by atoms with E-state index in [-0.39, 0.29) is 5.54 Å². The average Bonchev–Trinajstić information content (AvgIpc) is 3.70. The number of hydrogen-bond donors (Lipinski definition) is 1. The number of nitrogens with zero attached hydrogens (tertiary/aromatic N) is 4. The smallest absolute Gasteiger partial charge is 0.383 e. The van der Waals surface area contributed by atoms with Crippen LogP contribution in [0.15, 0.2) is 18.5 Å². The third-order valence-corrected chi connectivity index (χ3v) is 8.51. The van der Waals surface area contributed by atoms with Gasteiger partial charge in [0.25, 0.3) is 0 Å². The van der Waals surface area contributed by atoms with E-state index in [9.17, 15) is 13.2 Å². The number of anilines is 1. The number of hydrogen-bond acceptors (Lipinski definition) is 5. The average molecular weight is 445 g/mol. The van der Waals surface area contributed by atoms with Gasteiger partial charge in [-0.3, -0.25) is 4.90 Å². The zero-order valence-corrected chi connectivity index (χ0v) is 17.7. The van der Waals surface area contributed by atoms with Gasteiger partial charge < -0.3 is 15.0 Å². The standard InChI is InChI=1S/C23H26F3N5O/c24-23(25,26)15-8-13(10-28-20(15)27)16-11-31(21(29-16)12-2-3-12)22-14-9-17(19(22)18(14)22)30-4-1-6-32-7-5-30/h8,10-12,14,17-19H,1-7,9H2,(H2,27,28)/t14-,17?,18-,19?,22-/m1/s1. The molecule has 0 spiro atoms. The Morgan fingerprint density at radius 3 is 2.75 bits per heavy atom. The first kappa shape index (κ1) is 19.3. The summed E-state index contributed by atoms with van der Waals surface area (Å²) < 4.78 is 48.1. The Labute approximate surface area is 184 Å². The lowest BCUT2D eigenvalue weighted by atomic mass is 10.1. The summed E-state index contributed by atoms with van der Waals surface area (Å²) >= 11 is 0. The second-order valence-electron chi connectivity index (χ2n) is 10.1. The van der Waals surface area contributed by atoms with Gasteiger partial charge in [-0.05, 0) is 43.6 Å². The van der Waals surface area contributed by atoms with Crippen molar-refractivity contribution in [1.82, 2.24) is 19.4 Å². The number of halogens is 3. The molecule has 2 aromatic heterocycles. The molecule has 2 N–H and O–H groups in total. The topological polar surface area (TPSA) is 69.2 Å². The van der Waals surface area contributed by atoms with Crippen molar-refractivity contribution in [2.75, 3.05) is 32.0 Å². The molecule has 2 unspecified atom stereocenters. The molecule has 2 aromatic rings. The fourth-order valence-corrected chi connectivity index (χ4v) is 6.90. The van der Waals surface area contributed by atoms with Crippen LogP contribution in [0.3, 0.4) is 0 Å². The van der Waals surface area contributed by atoms with Crippen LogP contribution in [-0.4, -0.2) is 51.8 Å². The molecule has 9 heteroatoms. The van der Waals surface area contributed by atoms with Gasteiger partial charge in [-0.15, -0.1) is 0 Å². The van der Waals surface area contributed by atoms with Crippen molar-refractivity contribution in [3.63, 3.8) is 0 Å². The molecule has 1 aliphatic heterocycles. The van der Waals surface area contributed by atoms with Crippen molar-refractivity contribution < 1.29 is 17.9 Å². The number of aromatic nitrogens is 3. The summed E-state index contributed by atoms with van der Waals surface area (Å²) in [7, 11) is 0. The minimum Gasteiger partial charge on any atom is -0.383 e. The largest absolute Gasteiger partial charge is 0.419 e. The van der Waals surface area contributed by atoms with Crippen LogP contribution in [0.1, 0.15) is 43.0 Å². The monoisotopic (exact) mass is 445 g/mol. The van der Waals surface area contributed by atoms with E-state index in [2.05, 4.69) is 14.5 Å². The van der Waals surface area contributed by atoms with E-state index in [0.29, 0.717) is 41.0 Å². The molecule has 0 radical (unpaired) electrons. The van der Waals surface area contributed by atoms with Gasteiger partial charge in [0.05, 0.1) is 23.4 Å².